The van der Waals surface area contributed by atoms with E-state index in [0.29, 0.717) is 11.6 Å². The lowest BCUT2D eigenvalue weighted by Crippen LogP contribution is -2.54. The fourth-order valence-corrected chi connectivity index (χ4v) is 3.76. The van der Waals surface area contributed by atoms with E-state index < -0.39 is 29.7 Å². The molecule has 1 aliphatic rings. The summed E-state index contributed by atoms with van der Waals surface area (Å²) in [5.41, 5.74) is 4.51. The van der Waals surface area contributed by atoms with Crippen molar-refractivity contribution >= 4 is 29.3 Å². The van der Waals surface area contributed by atoms with E-state index in [-0.39, 0.29) is 17.5 Å². The number of nitrogens with one attached hydrogen (secondary N) is 1. The first kappa shape index (κ1) is 22.8. The number of hydrogen-bond acceptors (Lipinski definition) is 5. The molecule has 8 heteroatoms. The molecule has 0 bridgehead atoms. The van der Waals surface area contributed by atoms with Gasteiger partial charge < -0.3 is 0 Å². The Labute approximate surface area is 197 Å². The van der Waals surface area contributed by atoms with Gasteiger partial charge in [-0.15, -0.1) is 0 Å². The van der Waals surface area contributed by atoms with Crippen molar-refractivity contribution in [1.29, 1.82) is 0 Å². The van der Waals surface area contributed by atoms with Crippen LogP contribution in [0.25, 0.3) is 0 Å². The van der Waals surface area contributed by atoms with Crippen LogP contribution in [0.5, 0.6) is 0 Å². The lowest BCUT2D eigenvalue weighted by molar-refractivity contribution is -0.122. The van der Waals surface area contributed by atoms with Crippen LogP contribution in [0, 0.1) is 0 Å². The smallest absolute Gasteiger partial charge is 0.273 e. The maximum absolute atomic E-state index is 13.4. The number of anilines is 1. The highest BCUT2D eigenvalue weighted by Gasteiger charge is 2.45. The number of nitrogens with zero attached hydrogens (tertiary/aromatic N) is 3. The number of aromatic nitrogens is 1. The van der Waals surface area contributed by atoms with Crippen LogP contribution in [-0.2, 0) is 9.59 Å². The van der Waals surface area contributed by atoms with Gasteiger partial charge in [0.2, 0.25) is 5.91 Å². The molecule has 1 fully saturated rings. The van der Waals surface area contributed by atoms with E-state index in [4.69, 9.17) is 0 Å². The van der Waals surface area contributed by atoms with Gasteiger partial charge in [-0.05, 0) is 47.9 Å². The summed E-state index contributed by atoms with van der Waals surface area (Å²) in [5.74, 6) is -1.95. The van der Waals surface area contributed by atoms with E-state index in [1.807, 2.05) is 12.1 Å². The Kier molecular flexibility index (Phi) is 6.49. The molecule has 172 valence electrons. The Morgan fingerprint density at radius 2 is 1.65 bits per heavy atom. The second kappa shape index (κ2) is 9.66. The molecule has 0 radical (unpaired) electrons. The van der Waals surface area contributed by atoms with Gasteiger partial charge in [0.15, 0.2) is 0 Å². The van der Waals surface area contributed by atoms with Crippen molar-refractivity contribution in [2.45, 2.75) is 32.2 Å². The SMILES string of the molecule is CC(C)c1ccc(N2C(=O)CC(N(NC(=O)c3cccnc3)C(=O)c3ccccc3)C2=O)cc1. The minimum Gasteiger partial charge on any atom is -0.274 e. The summed E-state index contributed by atoms with van der Waals surface area (Å²) < 4.78 is 0. The van der Waals surface area contributed by atoms with E-state index >= 15 is 0 Å². The summed E-state index contributed by atoms with van der Waals surface area (Å²) in [4.78, 5) is 57.4. The van der Waals surface area contributed by atoms with E-state index in [9.17, 15) is 19.2 Å². The number of hydrogen-bond donors (Lipinski definition) is 1. The van der Waals surface area contributed by atoms with E-state index in [1.165, 1.54) is 18.5 Å². The molecule has 0 spiro atoms. The van der Waals surface area contributed by atoms with Gasteiger partial charge in [0, 0.05) is 18.0 Å². The number of carbonyl (C=O) groups is 4. The molecule has 0 saturated carbocycles. The fourth-order valence-electron chi connectivity index (χ4n) is 3.76. The fraction of sp³-hybridized carbons (Fsp3) is 0.192. The molecule has 0 aliphatic carbocycles. The number of rotatable bonds is 5. The largest absolute Gasteiger partial charge is 0.274 e. The summed E-state index contributed by atoms with van der Waals surface area (Å²) in [7, 11) is 0. The summed E-state index contributed by atoms with van der Waals surface area (Å²) in [6.07, 6.45) is 2.62. The van der Waals surface area contributed by atoms with Crippen molar-refractivity contribution in [2.75, 3.05) is 4.90 Å². The van der Waals surface area contributed by atoms with Crippen LogP contribution in [0.1, 0.15) is 52.5 Å². The van der Waals surface area contributed by atoms with Gasteiger partial charge >= 0.3 is 0 Å². The molecule has 8 nitrogen and oxygen atoms in total. The Morgan fingerprint density at radius 1 is 0.971 bits per heavy atom. The minimum atomic E-state index is -1.19. The number of carbonyl (C=O) groups excluding carboxylic acids is 4. The number of benzene rings is 2. The summed E-state index contributed by atoms with van der Waals surface area (Å²) in [5, 5.41) is 0.952. The van der Waals surface area contributed by atoms with Crippen LogP contribution in [0.2, 0.25) is 0 Å². The average molecular weight is 457 g/mol. The van der Waals surface area contributed by atoms with Gasteiger partial charge in [-0.1, -0.05) is 44.2 Å². The zero-order chi connectivity index (χ0) is 24.2. The Balaban J connectivity index is 1.65. The van der Waals surface area contributed by atoms with Gasteiger partial charge in [0.05, 0.1) is 17.7 Å². The maximum Gasteiger partial charge on any atom is 0.273 e. The lowest BCUT2D eigenvalue weighted by Gasteiger charge is -2.28. The summed E-state index contributed by atoms with van der Waals surface area (Å²) >= 11 is 0. The summed E-state index contributed by atoms with van der Waals surface area (Å²) in [6.45, 7) is 4.10. The van der Waals surface area contributed by atoms with E-state index in [1.54, 1.807) is 48.5 Å². The molecule has 1 saturated heterocycles. The molecule has 3 aromatic rings. The van der Waals surface area contributed by atoms with Crippen LogP contribution in [-0.4, -0.2) is 39.7 Å². The van der Waals surface area contributed by atoms with Crippen molar-refractivity contribution in [3.05, 3.63) is 95.8 Å². The van der Waals surface area contributed by atoms with Gasteiger partial charge in [-0.2, -0.15) is 0 Å². The Morgan fingerprint density at radius 3 is 2.26 bits per heavy atom. The monoisotopic (exact) mass is 456 g/mol. The van der Waals surface area contributed by atoms with Crippen LogP contribution < -0.4 is 10.3 Å². The zero-order valence-electron chi connectivity index (χ0n) is 18.8. The highest BCUT2D eigenvalue weighted by Crippen LogP contribution is 2.27. The zero-order valence-corrected chi connectivity index (χ0v) is 18.8. The van der Waals surface area contributed by atoms with Crippen LogP contribution >= 0.6 is 0 Å². The third-order valence-corrected chi connectivity index (χ3v) is 5.64. The van der Waals surface area contributed by atoms with Gasteiger partial charge in [-0.25, -0.2) is 9.91 Å². The molecule has 4 rings (SSSR count). The number of amides is 4. The second-order valence-corrected chi connectivity index (χ2v) is 8.26. The Bertz CT molecular complexity index is 1210. The highest BCUT2D eigenvalue weighted by atomic mass is 16.2. The predicted molar refractivity (Wildman–Crippen MR) is 126 cm³/mol. The average Bonchev–Trinajstić information content (AvgIpc) is 3.16. The number of pyridine rings is 1. The quantitative estimate of drug-likeness (QED) is 0.469. The van der Waals surface area contributed by atoms with Crippen molar-refractivity contribution in [3.8, 4) is 0 Å². The highest BCUT2D eigenvalue weighted by molar-refractivity contribution is 6.23. The molecule has 1 atom stereocenters. The molecule has 2 heterocycles. The van der Waals surface area contributed by atoms with E-state index in [0.717, 1.165) is 15.5 Å². The van der Waals surface area contributed by atoms with E-state index in [2.05, 4.69) is 24.3 Å². The third-order valence-electron chi connectivity index (χ3n) is 5.64. The normalized spacial score (nSPS) is 15.5. The summed E-state index contributed by atoms with van der Waals surface area (Å²) in [6, 6.07) is 17.4. The molecule has 2 aromatic carbocycles. The van der Waals surface area contributed by atoms with Crippen molar-refractivity contribution in [1.82, 2.24) is 15.4 Å². The molecule has 1 aliphatic heterocycles. The van der Waals surface area contributed by atoms with Crippen LogP contribution in [0.4, 0.5) is 5.69 Å². The maximum atomic E-state index is 13.4. The number of imide groups is 1. The second-order valence-electron chi connectivity index (χ2n) is 8.26. The molecular formula is C26H24N4O4. The first-order valence-corrected chi connectivity index (χ1v) is 10.9. The standard InChI is InChI=1S/C26H24N4O4/c1-17(2)18-10-12-21(13-11-18)29-23(31)15-22(26(29)34)30(25(33)19-7-4-3-5-8-19)28-24(32)20-9-6-14-27-16-20/h3-14,16-17,22H,15H2,1-2H3,(H,28,32). The Hall–Kier alpha value is -4.33. The molecule has 34 heavy (non-hydrogen) atoms. The molecule has 1 N–H and O–H groups in total. The molecule has 1 aromatic heterocycles. The topological polar surface area (TPSA) is 99.7 Å². The first-order valence-electron chi connectivity index (χ1n) is 10.9. The minimum absolute atomic E-state index is 0.214. The predicted octanol–water partition coefficient (Wildman–Crippen LogP) is 3.32. The first-order chi connectivity index (χ1) is 16.4. The number of hydrazine groups is 1. The van der Waals surface area contributed by atoms with Gasteiger partial charge in [0.1, 0.15) is 6.04 Å². The van der Waals surface area contributed by atoms with Gasteiger partial charge in [0.25, 0.3) is 17.7 Å². The molecule has 4 amide bonds. The van der Waals surface area contributed by atoms with Crippen LogP contribution in [0.15, 0.2) is 79.1 Å². The van der Waals surface area contributed by atoms with Crippen LogP contribution in [0.3, 0.4) is 0 Å². The van der Waals surface area contributed by atoms with Crippen molar-refractivity contribution in [3.63, 3.8) is 0 Å². The lowest BCUT2D eigenvalue weighted by atomic mass is 10.0. The van der Waals surface area contributed by atoms with Gasteiger partial charge in [-0.3, -0.25) is 29.6 Å². The van der Waals surface area contributed by atoms with Crippen molar-refractivity contribution in [2.24, 2.45) is 0 Å². The molecule has 1 unspecified atom stereocenters. The van der Waals surface area contributed by atoms with Crippen molar-refractivity contribution < 1.29 is 19.2 Å². The third kappa shape index (κ3) is 4.56. The molecular weight excluding hydrogens is 432 g/mol.